The summed E-state index contributed by atoms with van der Waals surface area (Å²) in [4.78, 5) is 23.3. The van der Waals surface area contributed by atoms with Crippen molar-refractivity contribution >= 4 is 11.7 Å². The van der Waals surface area contributed by atoms with Gasteiger partial charge in [-0.15, -0.1) is 0 Å². The monoisotopic (exact) mass is 239 g/mol. The summed E-state index contributed by atoms with van der Waals surface area (Å²) in [6.07, 6.45) is 6.73. The molecule has 1 saturated carbocycles. The van der Waals surface area contributed by atoms with Crippen molar-refractivity contribution in [3.63, 3.8) is 0 Å². The molecule has 3 heteroatoms. The third-order valence-corrected chi connectivity index (χ3v) is 3.48. The summed E-state index contributed by atoms with van der Waals surface area (Å²) in [6, 6.07) is 0. The van der Waals surface area contributed by atoms with Crippen molar-refractivity contribution in [2.75, 3.05) is 6.54 Å². The van der Waals surface area contributed by atoms with E-state index in [0.717, 1.165) is 0 Å². The molecular formula is C14H25NO2. The zero-order chi connectivity index (χ0) is 12.9. The summed E-state index contributed by atoms with van der Waals surface area (Å²) in [5.74, 6) is 0.664. The first kappa shape index (κ1) is 14.2. The van der Waals surface area contributed by atoms with Crippen molar-refractivity contribution in [3.05, 3.63) is 0 Å². The lowest BCUT2D eigenvalue weighted by Gasteiger charge is -2.21. The molecule has 1 aliphatic rings. The van der Waals surface area contributed by atoms with Gasteiger partial charge in [0.15, 0.2) is 5.78 Å². The van der Waals surface area contributed by atoms with E-state index in [4.69, 9.17) is 0 Å². The van der Waals surface area contributed by atoms with Gasteiger partial charge in [-0.1, -0.05) is 40.0 Å². The summed E-state index contributed by atoms with van der Waals surface area (Å²) >= 11 is 0. The molecule has 0 aromatic heterocycles. The highest BCUT2D eigenvalue weighted by atomic mass is 16.2. The first-order valence-corrected chi connectivity index (χ1v) is 6.69. The Kier molecular flexibility index (Phi) is 5.16. The molecule has 1 rings (SSSR count). The van der Waals surface area contributed by atoms with Gasteiger partial charge in [-0.3, -0.25) is 9.59 Å². The van der Waals surface area contributed by atoms with E-state index in [9.17, 15) is 9.59 Å². The molecule has 0 spiro atoms. The molecule has 0 saturated heterocycles. The van der Waals surface area contributed by atoms with E-state index >= 15 is 0 Å². The van der Waals surface area contributed by atoms with Crippen LogP contribution in [0.15, 0.2) is 0 Å². The molecule has 0 radical (unpaired) electrons. The van der Waals surface area contributed by atoms with Crippen LogP contribution in [0.4, 0.5) is 0 Å². The Morgan fingerprint density at radius 1 is 1.12 bits per heavy atom. The topological polar surface area (TPSA) is 46.2 Å². The molecule has 1 amide bonds. The van der Waals surface area contributed by atoms with Crippen LogP contribution in [-0.2, 0) is 9.59 Å². The summed E-state index contributed by atoms with van der Waals surface area (Å²) < 4.78 is 0. The summed E-state index contributed by atoms with van der Waals surface area (Å²) in [5.41, 5.74) is -0.363. The van der Waals surface area contributed by atoms with Crippen molar-refractivity contribution in [1.29, 1.82) is 0 Å². The van der Waals surface area contributed by atoms with Crippen LogP contribution in [0.3, 0.4) is 0 Å². The minimum atomic E-state index is -0.363. The molecular weight excluding hydrogens is 214 g/mol. The van der Waals surface area contributed by atoms with Gasteiger partial charge in [0.2, 0.25) is 5.91 Å². The largest absolute Gasteiger partial charge is 0.349 e. The average molecular weight is 239 g/mol. The molecule has 17 heavy (non-hydrogen) atoms. The van der Waals surface area contributed by atoms with Crippen LogP contribution >= 0.6 is 0 Å². The first-order chi connectivity index (χ1) is 7.89. The van der Waals surface area contributed by atoms with Crippen LogP contribution < -0.4 is 5.32 Å². The lowest BCUT2D eigenvalue weighted by atomic mass is 9.86. The number of carbonyl (C=O) groups is 2. The van der Waals surface area contributed by atoms with Gasteiger partial charge in [0.05, 0.1) is 6.54 Å². The highest BCUT2D eigenvalue weighted by Gasteiger charge is 2.22. The molecule has 0 aromatic rings. The fourth-order valence-electron chi connectivity index (χ4n) is 2.17. The normalized spacial score (nSPS) is 17.8. The molecule has 1 aliphatic carbocycles. The number of ketones is 1. The maximum atomic E-state index is 11.7. The highest BCUT2D eigenvalue weighted by Crippen LogP contribution is 2.26. The number of Topliss-reactive ketones (excluding diaryl/α,β-unsaturated/α-hetero) is 1. The Balaban J connectivity index is 2.23. The quantitative estimate of drug-likeness (QED) is 0.820. The Bertz CT molecular complexity index is 272. The van der Waals surface area contributed by atoms with Gasteiger partial charge in [0.25, 0.3) is 0 Å². The fourth-order valence-corrected chi connectivity index (χ4v) is 2.17. The van der Waals surface area contributed by atoms with Gasteiger partial charge in [-0.2, -0.15) is 0 Å². The standard InChI is InChI=1S/C14H25NO2/c1-14(2,3)12(16)10-15-13(17)9-11-7-5-4-6-8-11/h11H,4-10H2,1-3H3,(H,15,17). The molecule has 0 unspecified atom stereocenters. The summed E-state index contributed by atoms with van der Waals surface area (Å²) in [5, 5.41) is 2.75. The third-order valence-electron chi connectivity index (χ3n) is 3.48. The lowest BCUT2D eigenvalue weighted by molar-refractivity contribution is -0.129. The second-order valence-electron chi connectivity index (χ2n) is 6.16. The summed E-state index contributed by atoms with van der Waals surface area (Å²) in [6.45, 7) is 5.81. The predicted molar refractivity (Wildman–Crippen MR) is 68.7 cm³/mol. The number of hydrogen-bond donors (Lipinski definition) is 1. The Labute approximate surface area is 104 Å². The van der Waals surface area contributed by atoms with Crippen LogP contribution in [-0.4, -0.2) is 18.2 Å². The highest BCUT2D eigenvalue weighted by molar-refractivity contribution is 5.89. The molecule has 1 N–H and O–H groups in total. The maximum absolute atomic E-state index is 11.7. The maximum Gasteiger partial charge on any atom is 0.220 e. The van der Waals surface area contributed by atoms with E-state index < -0.39 is 0 Å². The van der Waals surface area contributed by atoms with Gasteiger partial charge in [0.1, 0.15) is 0 Å². The third kappa shape index (κ3) is 5.33. The van der Waals surface area contributed by atoms with Crippen LogP contribution in [0.1, 0.15) is 59.3 Å². The van der Waals surface area contributed by atoms with E-state index in [-0.39, 0.29) is 23.7 Å². The van der Waals surface area contributed by atoms with Crippen LogP contribution in [0.2, 0.25) is 0 Å². The van der Waals surface area contributed by atoms with Crippen LogP contribution in [0.5, 0.6) is 0 Å². The zero-order valence-corrected chi connectivity index (χ0v) is 11.3. The van der Waals surface area contributed by atoms with E-state index in [1.54, 1.807) is 0 Å². The fraction of sp³-hybridized carbons (Fsp3) is 0.857. The van der Waals surface area contributed by atoms with Crippen molar-refractivity contribution in [1.82, 2.24) is 5.32 Å². The van der Waals surface area contributed by atoms with E-state index in [1.165, 1.54) is 32.1 Å². The Morgan fingerprint density at radius 2 is 1.71 bits per heavy atom. The van der Waals surface area contributed by atoms with E-state index in [0.29, 0.717) is 12.3 Å². The molecule has 0 bridgehead atoms. The minimum Gasteiger partial charge on any atom is -0.349 e. The molecule has 0 aliphatic heterocycles. The number of rotatable bonds is 4. The molecule has 3 nitrogen and oxygen atoms in total. The van der Waals surface area contributed by atoms with E-state index in [1.807, 2.05) is 20.8 Å². The lowest BCUT2D eigenvalue weighted by Crippen LogP contribution is -2.36. The van der Waals surface area contributed by atoms with Gasteiger partial charge in [0, 0.05) is 11.8 Å². The summed E-state index contributed by atoms with van der Waals surface area (Å²) in [7, 11) is 0. The van der Waals surface area contributed by atoms with Crippen LogP contribution in [0, 0.1) is 11.3 Å². The second kappa shape index (κ2) is 6.18. The molecule has 0 heterocycles. The predicted octanol–water partition coefficient (Wildman–Crippen LogP) is 2.69. The molecule has 0 aromatic carbocycles. The van der Waals surface area contributed by atoms with Gasteiger partial charge < -0.3 is 5.32 Å². The smallest absolute Gasteiger partial charge is 0.220 e. The molecule has 1 fully saturated rings. The number of hydrogen-bond acceptors (Lipinski definition) is 2. The average Bonchev–Trinajstić information content (AvgIpc) is 2.26. The van der Waals surface area contributed by atoms with E-state index in [2.05, 4.69) is 5.32 Å². The van der Waals surface area contributed by atoms with Crippen molar-refractivity contribution < 1.29 is 9.59 Å². The SMILES string of the molecule is CC(C)(C)C(=O)CNC(=O)CC1CCCCC1. The van der Waals surface area contributed by atoms with Gasteiger partial charge in [-0.05, 0) is 18.8 Å². The van der Waals surface area contributed by atoms with Crippen LogP contribution in [0.25, 0.3) is 0 Å². The number of carbonyl (C=O) groups excluding carboxylic acids is 2. The second-order valence-corrected chi connectivity index (χ2v) is 6.16. The Hall–Kier alpha value is -0.860. The first-order valence-electron chi connectivity index (χ1n) is 6.69. The van der Waals surface area contributed by atoms with Crippen molar-refractivity contribution in [3.8, 4) is 0 Å². The van der Waals surface area contributed by atoms with Crippen molar-refractivity contribution in [2.24, 2.45) is 11.3 Å². The molecule has 0 atom stereocenters. The zero-order valence-electron chi connectivity index (χ0n) is 11.3. The van der Waals surface area contributed by atoms with Gasteiger partial charge >= 0.3 is 0 Å². The number of nitrogens with one attached hydrogen (secondary N) is 1. The van der Waals surface area contributed by atoms with Crippen molar-refractivity contribution in [2.45, 2.75) is 59.3 Å². The minimum absolute atomic E-state index is 0.0366. The molecule has 98 valence electrons. The van der Waals surface area contributed by atoms with Gasteiger partial charge in [-0.25, -0.2) is 0 Å². The number of amides is 1. The Morgan fingerprint density at radius 3 is 2.24 bits per heavy atom.